The summed E-state index contributed by atoms with van der Waals surface area (Å²) < 4.78 is 0. The van der Waals surface area contributed by atoms with Gasteiger partial charge in [-0.3, -0.25) is 4.98 Å². The molecule has 104 valence electrons. The number of nitrogens with two attached hydrogens (primary N) is 1. The number of anilines is 2. The summed E-state index contributed by atoms with van der Waals surface area (Å²) in [6.45, 7) is 6.48. The lowest BCUT2D eigenvalue weighted by Crippen LogP contribution is -2.11. The number of hydrogen-bond acceptors (Lipinski definition) is 3. The molecule has 4 heteroatoms. The van der Waals surface area contributed by atoms with Gasteiger partial charge in [-0.1, -0.05) is 44.3 Å². The fourth-order valence-electron chi connectivity index (χ4n) is 2.10. The zero-order valence-corrected chi connectivity index (χ0v) is 12.8. The molecule has 0 bridgehead atoms. The number of hydrogen-bond donors (Lipinski definition) is 2. The van der Waals surface area contributed by atoms with Crippen molar-refractivity contribution in [3.05, 3.63) is 53.3 Å². The van der Waals surface area contributed by atoms with Crippen molar-refractivity contribution in [3.63, 3.8) is 0 Å². The summed E-state index contributed by atoms with van der Waals surface area (Å²) in [5, 5.41) is 3.44. The molecule has 20 heavy (non-hydrogen) atoms. The smallest absolute Gasteiger partial charge is 0.122 e. The van der Waals surface area contributed by atoms with Gasteiger partial charge in [-0.05, 0) is 36.1 Å². The van der Waals surface area contributed by atoms with Crippen LogP contribution in [0.3, 0.4) is 0 Å². The summed E-state index contributed by atoms with van der Waals surface area (Å²) in [4.78, 5) is 4.56. The number of nitrogens with one attached hydrogen (secondary N) is 1. The van der Waals surface area contributed by atoms with Crippen LogP contribution >= 0.6 is 12.2 Å². The molecule has 0 saturated carbocycles. The maximum Gasteiger partial charge on any atom is 0.122 e. The third-order valence-electron chi connectivity index (χ3n) is 3.21. The SMILES string of the molecule is Cc1cccc(C(C)C)c1Nc1ccc(C(N)=S)nc1. The number of pyridine rings is 1. The van der Waals surface area contributed by atoms with Crippen LogP contribution < -0.4 is 11.1 Å². The van der Waals surface area contributed by atoms with E-state index in [9.17, 15) is 0 Å². The van der Waals surface area contributed by atoms with Gasteiger partial charge in [0.1, 0.15) is 4.99 Å². The predicted octanol–water partition coefficient (Wildman–Crippen LogP) is 3.89. The second kappa shape index (κ2) is 6.01. The lowest BCUT2D eigenvalue weighted by molar-refractivity contribution is 0.867. The number of para-hydroxylation sites is 1. The van der Waals surface area contributed by atoms with Crippen molar-refractivity contribution in [3.8, 4) is 0 Å². The van der Waals surface area contributed by atoms with Crippen LogP contribution in [-0.4, -0.2) is 9.97 Å². The fraction of sp³-hybridized carbons (Fsp3) is 0.250. The molecule has 3 nitrogen and oxygen atoms in total. The summed E-state index contributed by atoms with van der Waals surface area (Å²) >= 11 is 4.91. The minimum absolute atomic E-state index is 0.315. The molecule has 0 radical (unpaired) electrons. The molecule has 0 fully saturated rings. The summed E-state index contributed by atoms with van der Waals surface area (Å²) in [6.07, 6.45) is 1.76. The second-order valence-corrected chi connectivity index (χ2v) is 5.56. The zero-order valence-electron chi connectivity index (χ0n) is 12.0. The molecule has 1 aromatic heterocycles. The van der Waals surface area contributed by atoms with Crippen LogP contribution in [0, 0.1) is 6.92 Å². The van der Waals surface area contributed by atoms with Crippen LogP contribution in [0.5, 0.6) is 0 Å². The van der Waals surface area contributed by atoms with E-state index in [4.69, 9.17) is 18.0 Å². The maximum atomic E-state index is 5.55. The number of aryl methyl sites for hydroxylation is 1. The minimum Gasteiger partial charge on any atom is -0.388 e. The highest BCUT2D eigenvalue weighted by Crippen LogP contribution is 2.29. The molecule has 0 aliphatic rings. The van der Waals surface area contributed by atoms with Gasteiger partial charge < -0.3 is 11.1 Å². The van der Waals surface area contributed by atoms with E-state index in [2.05, 4.69) is 49.3 Å². The average molecular weight is 285 g/mol. The van der Waals surface area contributed by atoms with Crippen LogP contribution in [0.15, 0.2) is 36.5 Å². The molecule has 3 N–H and O–H groups in total. The van der Waals surface area contributed by atoms with E-state index in [-0.39, 0.29) is 0 Å². The molecule has 1 heterocycles. The highest BCUT2D eigenvalue weighted by Gasteiger charge is 2.09. The molecule has 0 amide bonds. The first kappa shape index (κ1) is 14.5. The Hall–Kier alpha value is -1.94. The van der Waals surface area contributed by atoms with Gasteiger partial charge in [0.25, 0.3) is 0 Å². The van der Waals surface area contributed by atoms with Gasteiger partial charge in [0.15, 0.2) is 0 Å². The Bertz CT molecular complexity index is 618. The van der Waals surface area contributed by atoms with Crippen LogP contribution in [-0.2, 0) is 0 Å². The Kier molecular flexibility index (Phi) is 4.35. The normalized spacial score (nSPS) is 10.6. The molecule has 0 spiro atoms. The number of nitrogens with zero attached hydrogens (tertiary/aromatic N) is 1. The van der Waals surface area contributed by atoms with Gasteiger partial charge in [0, 0.05) is 5.69 Å². The van der Waals surface area contributed by atoms with Crippen molar-refractivity contribution in [2.45, 2.75) is 26.7 Å². The summed E-state index contributed by atoms with van der Waals surface area (Å²) in [7, 11) is 0. The number of aromatic nitrogens is 1. The first-order chi connectivity index (χ1) is 9.49. The highest BCUT2D eigenvalue weighted by molar-refractivity contribution is 7.80. The molecular weight excluding hydrogens is 266 g/mol. The predicted molar refractivity (Wildman–Crippen MR) is 88.7 cm³/mol. The van der Waals surface area contributed by atoms with Crippen molar-refractivity contribution >= 4 is 28.6 Å². The summed E-state index contributed by atoms with van der Waals surface area (Å²) in [6, 6.07) is 10.1. The van der Waals surface area contributed by atoms with E-state index in [1.165, 1.54) is 11.1 Å². The molecule has 0 unspecified atom stereocenters. The van der Waals surface area contributed by atoms with Crippen LogP contribution in [0.25, 0.3) is 0 Å². The minimum atomic E-state index is 0.315. The van der Waals surface area contributed by atoms with Gasteiger partial charge >= 0.3 is 0 Å². The van der Waals surface area contributed by atoms with Crippen molar-refractivity contribution in [1.82, 2.24) is 4.98 Å². The molecule has 2 rings (SSSR count). The van der Waals surface area contributed by atoms with E-state index >= 15 is 0 Å². The lowest BCUT2D eigenvalue weighted by atomic mass is 9.98. The molecular formula is C16H19N3S. The standard InChI is InChI=1S/C16H19N3S/c1-10(2)13-6-4-5-11(3)15(13)19-12-7-8-14(16(17)20)18-9-12/h4-10,19H,1-3H3,(H2,17,20). The van der Waals surface area contributed by atoms with Crippen molar-refractivity contribution in [2.24, 2.45) is 5.73 Å². The van der Waals surface area contributed by atoms with Crippen molar-refractivity contribution in [1.29, 1.82) is 0 Å². The number of thiocarbonyl (C=S) groups is 1. The number of rotatable bonds is 4. The first-order valence-corrected chi connectivity index (χ1v) is 7.02. The topological polar surface area (TPSA) is 50.9 Å². The van der Waals surface area contributed by atoms with Crippen molar-refractivity contribution < 1.29 is 0 Å². The first-order valence-electron chi connectivity index (χ1n) is 6.61. The Morgan fingerprint density at radius 3 is 2.55 bits per heavy atom. The monoisotopic (exact) mass is 285 g/mol. The molecule has 1 aromatic carbocycles. The third kappa shape index (κ3) is 3.14. The quantitative estimate of drug-likeness (QED) is 0.837. The van der Waals surface area contributed by atoms with Crippen LogP contribution in [0.2, 0.25) is 0 Å². The molecule has 0 aliphatic heterocycles. The lowest BCUT2D eigenvalue weighted by Gasteiger charge is -2.17. The van der Waals surface area contributed by atoms with E-state index in [1.54, 1.807) is 6.20 Å². The van der Waals surface area contributed by atoms with E-state index in [0.717, 1.165) is 11.4 Å². The molecule has 0 saturated heterocycles. The zero-order chi connectivity index (χ0) is 14.7. The van der Waals surface area contributed by atoms with E-state index in [1.807, 2.05) is 12.1 Å². The Balaban J connectivity index is 2.32. The highest BCUT2D eigenvalue weighted by atomic mass is 32.1. The Morgan fingerprint density at radius 1 is 1.25 bits per heavy atom. The van der Waals surface area contributed by atoms with Gasteiger partial charge in [0.05, 0.1) is 17.6 Å². The third-order valence-corrected chi connectivity index (χ3v) is 3.42. The largest absolute Gasteiger partial charge is 0.388 e. The van der Waals surface area contributed by atoms with Crippen LogP contribution in [0.4, 0.5) is 11.4 Å². The Morgan fingerprint density at radius 2 is 2.00 bits per heavy atom. The number of benzene rings is 1. The van der Waals surface area contributed by atoms with E-state index in [0.29, 0.717) is 16.6 Å². The molecule has 0 aliphatic carbocycles. The van der Waals surface area contributed by atoms with E-state index < -0.39 is 0 Å². The fourth-order valence-corrected chi connectivity index (χ4v) is 2.22. The van der Waals surface area contributed by atoms with Gasteiger partial charge in [-0.25, -0.2) is 0 Å². The maximum absolute atomic E-state index is 5.55. The summed E-state index contributed by atoms with van der Waals surface area (Å²) in [5.74, 6) is 0.459. The molecule has 0 atom stereocenters. The Labute approximate surface area is 125 Å². The summed E-state index contributed by atoms with van der Waals surface area (Å²) in [5.41, 5.74) is 10.8. The average Bonchev–Trinajstić information content (AvgIpc) is 2.41. The van der Waals surface area contributed by atoms with Gasteiger partial charge in [-0.15, -0.1) is 0 Å². The second-order valence-electron chi connectivity index (χ2n) is 5.12. The van der Waals surface area contributed by atoms with Gasteiger partial charge in [-0.2, -0.15) is 0 Å². The molecule has 2 aromatic rings. The van der Waals surface area contributed by atoms with Gasteiger partial charge in [0.2, 0.25) is 0 Å². The van der Waals surface area contributed by atoms with Crippen molar-refractivity contribution in [2.75, 3.05) is 5.32 Å². The van der Waals surface area contributed by atoms with Crippen LogP contribution in [0.1, 0.15) is 36.6 Å².